The van der Waals surface area contributed by atoms with Gasteiger partial charge in [-0.05, 0) is 54.9 Å². The summed E-state index contributed by atoms with van der Waals surface area (Å²) in [5.74, 6) is -0.427. The zero-order valence-electron chi connectivity index (χ0n) is 13.7. The lowest BCUT2D eigenvalue weighted by molar-refractivity contribution is -0.274. The zero-order valence-corrected chi connectivity index (χ0v) is 14.5. The van der Waals surface area contributed by atoms with E-state index >= 15 is 0 Å². The molecule has 0 saturated heterocycles. The third-order valence-electron chi connectivity index (χ3n) is 3.84. The number of hydrogen-bond acceptors (Lipinski definition) is 4. The van der Waals surface area contributed by atoms with E-state index in [1.54, 1.807) is 12.1 Å². The first-order valence-electron chi connectivity index (χ1n) is 8.03. The van der Waals surface area contributed by atoms with Crippen molar-refractivity contribution in [2.75, 3.05) is 19.6 Å². The van der Waals surface area contributed by atoms with Gasteiger partial charge in [0, 0.05) is 18.0 Å². The van der Waals surface area contributed by atoms with Crippen LogP contribution in [0, 0.1) is 0 Å². The molecule has 0 atom stereocenters. The average Bonchev–Trinajstić information content (AvgIpc) is 3.10. The first-order chi connectivity index (χ1) is 12.4. The van der Waals surface area contributed by atoms with Gasteiger partial charge in [-0.15, -0.1) is 24.5 Å². The molecule has 0 bridgehead atoms. The van der Waals surface area contributed by atoms with Crippen molar-refractivity contribution in [2.45, 2.75) is 12.8 Å². The van der Waals surface area contributed by atoms with Gasteiger partial charge in [-0.1, -0.05) is 11.6 Å². The van der Waals surface area contributed by atoms with E-state index in [1.807, 2.05) is 0 Å². The second-order valence-electron chi connectivity index (χ2n) is 5.74. The number of benzene rings is 1. The molecule has 3 rings (SSSR count). The number of rotatable bonds is 5. The molecule has 0 spiro atoms. The van der Waals surface area contributed by atoms with Crippen LogP contribution < -0.4 is 15.4 Å². The van der Waals surface area contributed by atoms with Gasteiger partial charge in [0.1, 0.15) is 5.75 Å². The predicted molar refractivity (Wildman–Crippen MR) is 94.3 cm³/mol. The number of ether oxygens (including phenoxy) is 1. The molecule has 0 fully saturated rings. The smallest absolute Gasteiger partial charge is 0.406 e. The minimum atomic E-state index is -4.71. The summed E-state index contributed by atoms with van der Waals surface area (Å²) in [6.07, 6.45) is -1.71. The van der Waals surface area contributed by atoms with Crippen molar-refractivity contribution in [1.82, 2.24) is 10.6 Å². The number of carbonyl (C=O) groups is 1. The molecule has 0 unspecified atom stereocenters. The molecule has 8 heteroatoms. The molecule has 1 aromatic heterocycles. The lowest BCUT2D eigenvalue weighted by Gasteiger charge is -2.14. The highest BCUT2D eigenvalue weighted by molar-refractivity contribution is 7.17. The van der Waals surface area contributed by atoms with Crippen LogP contribution in [0.4, 0.5) is 13.2 Å². The maximum absolute atomic E-state index is 12.3. The summed E-state index contributed by atoms with van der Waals surface area (Å²) in [5, 5.41) is 6.11. The minimum absolute atomic E-state index is 0.155. The van der Waals surface area contributed by atoms with Crippen LogP contribution >= 0.6 is 11.3 Å². The Morgan fingerprint density at radius 3 is 2.62 bits per heavy atom. The van der Waals surface area contributed by atoms with Gasteiger partial charge in [0.25, 0.3) is 5.91 Å². The maximum atomic E-state index is 12.3. The third-order valence-corrected chi connectivity index (χ3v) is 4.97. The standard InChI is InChI=1S/C18H17F3N2O2S/c19-18(20,21)25-14-3-1-13(2-4-14)15-5-6-16(26-15)17(24)23-11-12-7-9-22-10-8-12/h1-7,22H,8-11H2,(H,23,24). The first kappa shape index (κ1) is 18.5. The molecule has 2 aromatic rings. The molecule has 1 aliphatic rings. The van der Waals surface area contributed by atoms with Crippen LogP contribution in [0.25, 0.3) is 10.4 Å². The summed E-state index contributed by atoms with van der Waals surface area (Å²) in [5.41, 5.74) is 1.93. The topological polar surface area (TPSA) is 50.4 Å². The van der Waals surface area contributed by atoms with Gasteiger partial charge in [-0.25, -0.2) is 0 Å². The summed E-state index contributed by atoms with van der Waals surface area (Å²) in [6, 6.07) is 9.08. The van der Waals surface area contributed by atoms with Crippen molar-refractivity contribution in [3.05, 3.63) is 52.9 Å². The van der Waals surface area contributed by atoms with E-state index in [9.17, 15) is 18.0 Å². The Hall–Kier alpha value is -2.32. The molecule has 26 heavy (non-hydrogen) atoms. The van der Waals surface area contributed by atoms with E-state index in [0.717, 1.165) is 30.0 Å². The fourth-order valence-corrected chi connectivity index (χ4v) is 3.47. The summed E-state index contributed by atoms with van der Waals surface area (Å²) >= 11 is 1.29. The Labute approximate surface area is 152 Å². The molecular weight excluding hydrogens is 365 g/mol. The molecule has 0 radical (unpaired) electrons. The van der Waals surface area contributed by atoms with E-state index < -0.39 is 6.36 Å². The summed E-state index contributed by atoms with van der Waals surface area (Å²) in [4.78, 5) is 13.6. The molecule has 138 valence electrons. The third kappa shape index (κ3) is 5.09. The molecule has 2 heterocycles. The van der Waals surface area contributed by atoms with Crippen LogP contribution in [0.3, 0.4) is 0 Å². The minimum Gasteiger partial charge on any atom is -0.406 e. The largest absolute Gasteiger partial charge is 0.573 e. The normalized spacial score (nSPS) is 14.7. The van der Waals surface area contributed by atoms with Crippen molar-refractivity contribution in [1.29, 1.82) is 0 Å². The number of amides is 1. The van der Waals surface area contributed by atoms with Crippen LogP contribution in [0.2, 0.25) is 0 Å². The lowest BCUT2D eigenvalue weighted by atomic mass is 10.1. The first-order valence-corrected chi connectivity index (χ1v) is 8.85. The molecule has 4 nitrogen and oxygen atoms in total. The molecule has 2 N–H and O–H groups in total. The molecule has 0 aliphatic carbocycles. The van der Waals surface area contributed by atoms with E-state index in [1.165, 1.54) is 41.2 Å². The summed E-state index contributed by atoms with van der Waals surface area (Å²) in [7, 11) is 0. The monoisotopic (exact) mass is 382 g/mol. The Kier molecular flexibility index (Phi) is 5.63. The zero-order chi connectivity index (χ0) is 18.6. The molecule has 1 amide bonds. The highest BCUT2D eigenvalue weighted by Gasteiger charge is 2.31. The molecule has 1 aliphatic heterocycles. The van der Waals surface area contributed by atoms with Gasteiger partial charge in [0.15, 0.2) is 0 Å². The van der Waals surface area contributed by atoms with Crippen molar-refractivity contribution in [2.24, 2.45) is 0 Å². The number of alkyl halides is 3. The van der Waals surface area contributed by atoms with Crippen LogP contribution in [-0.4, -0.2) is 31.9 Å². The SMILES string of the molecule is O=C(NCC1=CCNCC1)c1ccc(-c2ccc(OC(F)(F)F)cc2)s1. The van der Waals surface area contributed by atoms with Crippen molar-refractivity contribution < 1.29 is 22.7 Å². The number of nitrogens with one attached hydrogen (secondary N) is 2. The van der Waals surface area contributed by atoms with E-state index in [-0.39, 0.29) is 11.7 Å². The van der Waals surface area contributed by atoms with E-state index in [4.69, 9.17) is 0 Å². The van der Waals surface area contributed by atoms with Crippen molar-refractivity contribution in [3.8, 4) is 16.2 Å². The highest BCUT2D eigenvalue weighted by Crippen LogP contribution is 2.31. The van der Waals surface area contributed by atoms with Gasteiger partial charge in [0.05, 0.1) is 4.88 Å². The number of hydrogen-bond donors (Lipinski definition) is 2. The van der Waals surface area contributed by atoms with Crippen molar-refractivity contribution in [3.63, 3.8) is 0 Å². The molecular formula is C18H17F3N2O2S. The van der Waals surface area contributed by atoms with Crippen LogP contribution in [0.1, 0.15) is 16.1 Å². The Morgan fingerprint density at radius 1 is 1.19 bits per heavy atom. The molecule has 0 saturated carbocycles. The summed E-state index contributed by atoms with van der Waals surface area (Å²) < 4.78 is 40.4. The second kappa shape index (κ2) is 7.92. The Bertz CT molecular complexity index is 798. The van der Waals surface area contributed by atoms with Crippen LogP contribution in [0.15, 0.2) is 48.0 Å². The quantitative estimate of drug-likeness (QED) is 0.770. The summed E-state index contributed by atoms with van der Waals surface area (Å²) in [6.45, 7) is 2.26. The fraction of sp³-hybridized carbons (Fsp3) is 0.278. The Balaban J connectivity index is 1.61. The van der Waals surface area contributed by atoms with Gasteiger partial charge in [0.2, 0.25) is 0 Å². The number of thiophene rings is 1. The Morgan fingerprint density at radius 2 is 1.96 bits per heavy atom. The van der Waals surface area contributed by atoms with Crippen molar-refractivity contribution >= 4 is 17.2 Å². The average molecular weight is 382 g/mol. The maximum Gasteiger partial charge on any atom is 0.573 e. The van der Waals surface area contributed by atoms with Gasteiger partial charge < -0.3 is 15.4 Å². The van der Waals surface area contributed by atoms with Crippen LogP contribution in [-0.2, 0) is 0 Å². The number of halogens is 3. The highest BCUT2D eigenvalue weighted by atomic mass is 32.1. The van der Waals surface area contributed by atoms with Gasteiger partial charge >= 0.3 is 6.36 Å². The lowest BCUT2D eigenvalue weighted by Crippen LogP contribution is -2.29. The van der Waals surface area contributed by atoms with Gasteiger partial charge in [-0.2, -0.15) is 0 Å². The van der Waals surface area contributed by atoms with E-state index in [2.05, 4.69) is 21.4 Å². The van der Waals surface area contributed by atoms with E-state index in [0.29, 0.717) is 11.4 Å². The fourth-order valence-electron chi connectivity index (χ4n) is 2.55. The molecule has 1 aromatic carbocycles. The van der Waals surface area contributed by atoms with Crippen LogP contribution in [0.5, 0.6) is 5.75 Å². The van der Waals surface area contributed by atoms with Gasteiger partial charge in [-0.3, -0.25) is 4.79 Å². The predicted octanol–water partition coefficient (Wildman–Crippen LogP) is 3.96. The second-order valence-corrected chi connectivity index (χ2v) is 6.82. The number of carbonyl (C=O) groups excluding carboxylic acids is 1.